The molecule has 0 fully saturated rings. The van der Waals surface area contributed by atoms with Crippen molar-refractivity contribution in [1.82, 2.24) is 4.90 Å². The lowest BCUT2D eigenvalue weighted by Gasteiger charge is -2.11. The van der Waals surface area contributed by atoms with Gasteiger partial charge in [0.25, 0.3) is 0 Å². The van der Waals surface area contributed by atoms with Crippen LogP contribution in [0.5, 0.6) is 0 Å². The van der Waals surface area contributed by atoms with Crippen molar-refractivity contribution in [3.05, 3.63) is 76.4 Å². The van der Waals surface area contributed by atoms with E-state index in [0.717, 1.165) is 37.3 Å². The lowest BCUT2D eigenvalue weighted by molar-refractivity contribution is -0.137. The lowest BCUT2D eigenvalue weighted by Crippen LogP contribution is -2.15. The van der Waals surface area contributed by atoms with Gasteiger partial charge in [0, 0.05) is 19.6 Å². The van der Waals surface area contributed by atoms with Crippen LogP contribution in [0.4, 0.5) is 13.2 Å². The summed E-state index contributed by atoms with van der Waals surface area (Å²) in [6.45, 7) is 4.73. The van der Waals surface area contributed by atoms with Crippen LogP contribution in [0.3, 0.4) is 0 Å². The Hall–Kier alpha value is -2.07. The summed E-state index contributed by atoms with van der Waals surface area (Å²) in [5.41, 5.74) is 4.17. The minimum Gasteiger partial charge on any atom is -0.291 e. The van der Waals surface area contributed by atoms with Gasteiger partial charge in [-0.2, -0.15) is 13.2 Å². The van der Waals surface area contributed by atoms with Gasteiger partial charge >= 0.3 is 6.18 Å². The van der Waals surface area contributed by atoms with Gasteiger partial charge in [-0.05, 0) is 35.7 Å². The molecule has 1 nitrogen and oxygen atoms in total. The van der Waals surface area contributed by atoms with Crippen LogP contribution in [0.15, 0.2) is 48.5 Å². The molecule has 0 saturated carbocycles. The number of fused-ring (bicyclic) bond motifs is 1. The average Bonchev–Trinajstić information content (AvgIpc) is 2.88. The summed E-state index contributed by atoms with van der Waals surface area (Å²) in [5.74, 6) is 0. The third-order valence-corrected chi connectivity index (χ3v) is 4.06. The Morgan fingerprint density at radius 2 is 1.70 bits per heavy atom. The maximum atomic E-state index is 12.5. The molecule has 23 heavy (non-hydrogen) atoms. The summed E-state index contributed by atoms with van der Waals surface area (Å²) in [6, 6.07) is 11.8. The number of nitrogens with zero attached hydrogens (tertiary/aromatic N) is 1. The molecule has 1 aliphatic heterocycles. The minimum absolute atomic E-state index is 0.611. The maximum Gasteiger partial charge on any atom is 0.416 e. The molecule has 0 spiro atoms. The second-order valence-electron chi connectivity index (χ2n) is 5.96. The van der Waals surface area contributed by atoms with Gasteiger partial charge < -0.3 is 0 Å². The van der Waals surface area contributed by atoms with Crippen molar-refractivity contribution in [2.24, 2.45) is 0 Å². The molecule has 0 saturated heterocycles. The quantitative estimate of drug-likeness (QED) is 0.766. The van der Waals surface area contributed by atoms with E-state index in [1.807, 2.05) is 12.2 Å². The Morgan fingerprint density at radius 3 is 2.39 bits per heavy atom. The van der Waals surface area contributed by atoms with E-state index in [1.54, 1.807) is 0 Å². The molecule has 1 aliphatic rings. The van der Waals surface area contributed by atoms with Crippen molar-refractivity contribution >= 4 is 6.08 Å². The summed E-state index contributed by atoms with van der Waals surface area (Å²) in [4.78, 5) is 2.31. The number of hydrogen-bond acceptors (Lipinski definition) is 1. The van der Waals surface area contributed by atoms with Crippen molar-refractivity contribution in [3.8, 4) is 0 Å². The number of benzene rings is 2. The maximum absolute atomic E-state index is 12.5. The van der Waals surface area contributed by atoms with Gasteiger partial charge in [-0.3, -0.25) is 4.90 Å². The number of rotatable bonds is 3. The first kappa shape index (κ1) is 15.8. The SMILES string of the molecule is Cc1ccc2c(c1)CN(C/C=C/c1ccc(C(F)(F)F)cc1)C2. The standard InChI is InChI=1S/C19H18F3N/c1-14-4-7-16-12-23(13-17(16)11-14)10-2-3-15-5-8-18(9-6-15)19(20,21)22/h2-9,11H,10,12-13H2,1H3/b3-2+. The zero-order valence-corrected chi connectivity index (χ0v) is 12.9. The van der Waals surface area contributed by atoms with Crippen LogP contribution in [0.2, 0.25) is 0 Å². The molecule has 2 aromatic rings. The van der Waals surface area contributed by atoms with Gasteiger partial charge in [-0.1, -0.05) is 48.0 Å². The summed E-state index contributed by atoms with van der Waals surface area (Å²) in [7, 11) is 0. The largest absolute Gasteiger partial charge is 0.416 e. The van der Waals surface area contributed by atoms with Crippen LogP contribution < -0.4 is 0 Å². The van der Waals surface area contributed by atoms with Gasteiger partial charge in [-0.25, -0.2) is 0 Å². The molecule has 1 heterocycles. The highest BCUT2D eigenvalue weighted by Crippen LogP contribution is 2.29. The second kappa shape index (κ2) is 6.20. The normalized spacial score (nSPS) is 15.3. The smallest absolute Gasteiger partial charge is 0.291 e. The Morgan fingerprint density at radius 1 is 1.00 bits per heavy atom. The van der Waals surface area contributed by atoms with E-state index in [0.29, 0.717) is 0 Å². The highest BCUT2D eigenvalue weighted by molar-refractivity contribution is 5.50. The summed E-state index contributed by atoms with van der Waals surface area (Å²) in [5, 5.41) is 0. The van der Waals surface area contributed by atoms with E-state index in [9.17, 15) is 13.2 Å². The van der Waals surface area contributed by atoms with E-state index in [2.05, 4.69) is 30.0 Å². The first-order valence-corrected chi connectivity index (χ1v) is 7.56. The zero-order chi connectivity index (χ0) is 16.4. The predicted molar refractivity (Wildman–Crippen MR) is 85.8 cm³/mol. The molecule has 0 atom stereocenters. The second-order valence-corrected chi connectivity index (χ2v) is 5.96. The number of hydrogen-bond donors (Lipinski definition) is 0. The summed E-state index contributed by atoms with van der Waals surface area (Å²) >= 11 is 0. The van der Waals surface area contributed by atoms with Crippen LogP contribution in [0.25, 0.3) is 6.08 Å². The molecule has 120 valence electrons. The van der Waals surface area contributed by atoms with Gasteiger partial charge in [0.05, 0.1) is 5.56 Å². The Kier molecular flexibility index (Phi) is 4.26. The van der Waals surface area contributed by atoms with Crippen LogP contribution in [0, 0.1) is 6.92 Å². The van der Waals surface area contributed by atoms with Crippen molar-refractivity contribution in [2.45, 2.75) is 26.2 Å². The van der Waals surface area contributed by atoms with Crippen molar-refractivity contribution in [1.29, 1.82) is 0 Å². The lowest BCUT2D eigenvalue weighted by atomic mass is 10.1. The summed E-state index contributed by atoms with van der Waals surface area (Å²) < 4.78 is 37.5. The van der Waals surface area contributed by atoms with Crippen LogP contribution in [-0.4, -0.2) is 11.4 Å². The van der Waals surface area contributed by atoms with Gasteiger partial charge in [0.1, 0.15) is 0 Å². The van der Waals surface area contributed by atoms with E-state index in [4.69, 9.17) is 0 Å². The van der Waals surface area contributed by atoms with Crippen molar-refractivity contribution in [3.63, 3.8) is 0 Å². The Balaban J connectivity index is 1.58. The number of alkyl halides is 3. The third-order valence-electron chi connectivity index (χ3n) is 4.06. The number of aryl methyl sites for hydroxylation is 1. The molecule has 0 amide bonds. The molecule has 2 aromatic carbocycles. The predicted octanol–water partition coefficient (Wildman–Crippen LogP) is 5.04. The van der Waals surface area contributed by atoms with Crippen molar-refractivity contribution in [2.75, 3.05) is 6.54 Å². The average molecular weight is 317 g/mol. The number of halogens is 3. The first-order chi connectivity index (χ1) is 10.9. The molecular formula is C19H18F3N. The van der Waals surface area contributed by atoms with Crippen LogP contribution in [-0.2, 0) is 19.3 Å². The fraction of sp³-hybridized carbons (Fsp3) is 0.263. The first-order valence-electron chi connectivity index (χ1n) is 7.56. The topological polar surface area (TPSA) is 3.24 Å². The van der Waals surface area contributed by atoms with E-state index < -0.39 is 11.7 Å². The van der Waals surface area contributed by atoms with Gasteiger partial charge in [0.2, 0.25) is 0 Å². The van der Waals surface area contributed by atoms with Gasteiger partial charge in [-0.15, -0.1) is 0 Å². The fourth-order valence-corrected chi connectivity index (χ4v) is 2.84. The monoisotopic (exact) mass is 317 g/mol. The summed E-state index contributed by atoms with van der Waals surface area (Å²) in [6.07, 6.45) is -0.405. The molecule has 4 heteroatoms. The van der Waals surface area contributed by atoms with E-state index in [1.165, 1.54) is 28.8 Å². The molecule has 0 unspecified atom stereocenters. The van der Waals surface area contributed by atoms with Crippen molar-refractivity contribution < 1.29 is 13.2 Å². The highest BCUT2D eigenvalue weighted by atomic mass is 19.4. The zero-order valence-electron chi connectivity index (χ0n) is 12.9. The minimum atomic E-state index is -4.28. The Bertz CT molecular complexity index is 714. The van der Waals surface area contributed by atoms with E-state index in [-0.39, 0.29) is 0 Å². The fourth-order valence-electron chi connectivity index (χ4n) is 2.84. The molecule has 0 bridgehead atoms. The third kappa shape index (κ3) is 3.82. The van der Waals surface area contributed by atoms with Gasteiger partial charge in [0.15, 0.2) is 0 Å². The van der Waals surface area contributed by atoms with Crippen LogP contribution in [0.1, 0.15) is 27.8 Å². The molecule has 0 N–H and O–H groups in total. The van der Waals surface area contributed by atoms with Crippen LogP contribution >= 0.6 is 0 Å². The molecule has 0 aromatic heterocycles. The highest BCUT2D eigenvalue weighted by Gasteiger charge is 2.29. The van der Waals surface area contributed by atoms with E-state index >= 15 is 0 Å². The molecule has 0 radical (unpaired) electrons. The molecule has 3 rings (SSSR count). The molecule has 0 aliphatic carbocycles. The Labute approximate surface area is 134 Å². The molecular weight excluding hydrogens is 299 g/mol.